The molecule has 23 heavy (non-hydrogen) atoms. The zero-order valence-corrected chi connectivity index (χ0v) is 13.7. The SMILES string of the molecule is COc1ccc(CN2CCc3c([nH]c4ccccc34)C2)cc1C. The molecular formula is C20H22N2O. The second-order valence-corrected chi connectivity index (χ2v) is 6.39. The summed E-state index contributed by atoms with van der Waals surface area (Å²) in [5.74, 6) is 0.963. The molecule has 0 bridgehead atoms. The Morgan fingerprint density at radius 1 is 1.17 bits per heavy atom. The molecule has 2 heterocycles. The van der Waals surface area contributed by atoms with E-state index in [-0.39, 0.29) is 0 Å². The number of fused-ring (bicyclic) bond motifs is 3. The zero-order chi connectivity index (χ0) is 15.8. The number of methoxy groups -OCH3 is 1. The van der Waals surface area contributed by atoms with Crippen LogP contribution >= 0.6 is 0 Å². The third-order valence-corrected chi connectivity index (χ3v) is 4.83. The first-order chi connectivity index (χ1) is 11.2. The largest absolute Gasteiger partial charge is 0.496 e. The van der Waals surface area contributed by atoms with Gasteiger partial charge in [0.1, 0.15) is 5.75 Å². The third kappa shape index (κ3) is 2.62. The molecule has 1 aliphatic rings. The summed E-state index contributed by atoms with van der Waals surface area (Å²) in [6, 6.07) is 15.1. The second kappa shape index (κ2) is 5.74. The second-order valence-electron chi connectivity index (χ2n) is 6.39. The maximum Gasteiger partial charge on any atom is 0.121 e. The Balaban J connectivity index is 1.55. The van der Waals surface area contributed by atoms with Crippen molar-refractivity contribution in [3.8, 4) is 5.75 Å². The van der Waals surface area contributed by atoms with E-state index in [1.807, 2.05) is 0 Å². The van der Waals surface area contributed by atoms with Crippen molar-refractivity contribution in [3.63, 3.8) is 0 Å². The predicted octanol–water partition coefficient (Wildman–Crippen LogP) is 4.04. The van der Waals surface area contributed by atoms with Crippen LogP contribution in [0.3, 0.4) is 0 Å². The Morgan fingerprint density at radius 3 is 2.87 bits per heavy atom. The maximum absolute atomic E-state index is 5.35. The van der Waals surface area contributed by atoms with E-state index in [0.717, 1.165) is 31.8 Å². The molecule has 0 atom stereocenters. The van der Waals surface area contributed by atoms with Crippen molar-refractivity contribution >= 4 is 10.9 Å². The monoisotopic (exact) mass is 306 g/mol. The summed E-state index contributed by atoms with van der Waals surface area (Å²) in [4.78, 5) is 6.11. The molecule has 2 aromatic carbocycles. The van der Waals surface area contributed by atoms with Gasteiger partial charge in [-0.15, -0.1) is 0 Å². The molecule has 0 fully saturated rings. The van der Waals surface area contributed by atoms with Crippen molar-refractivity contribution in [2.75, 3.05) is 13.7 Å². The standard InChI is InChI=1S/C20H22N2O/c1-14-11-15(7-8-20(14)23-2)12-22-10-9-17-16-5-3-4-6-18(16)21-19(17)13-22/h3-8,11,21H,9-10,12-13H2,1-2H3. The van der Waals surface area contributed by atoms with E-state index in [9.17, 15) is 0 Å². The molecular weight excluding hydrogens is 284 g/mol. The van der Waals surface area contributed by atoms with Gasteiger partial charge < -0.3 is 9.72 Å². The summed E-state index contributed by atoms with van der Waals surface area (Å²) >= 11 is 0. The van der Waals surface area contributed by atoms with Crippen molar-refractivity contribution in [2.45, 2.75) is 26.4 Å². The number of hydrogen-bond acceptors (Lipinski definition) is 2. The number of nitrogens with one attached hydrogen (secondary N) is 1. The summed E-state index contributed by atoms with van der Waals surface area (Å²) in [6.07, 6.45) is 1.12. The number of benzene rings is 2. The van der Waals surface area contributed by atoms with Crippen LogP contribution in [0.4, 0.5) is 0 Å². The molecule has 118 valence electrons. The number of aryl methyl sites for hydroxylation is 1. The first-order valence-electron chi connectivity index (χ1n) is 8.19. The number of nitrogens with zero attached hydrogens (tertiary/aromatic N) is 1. The molecule has 0 amide bonds. The Kier molecular flexibility index (Phi) is 3.58. The molecule has 1 aliphatic heterocycles. The van der Waals surface area contributed by atoms with Crippen LogP contribution in [-0.4, -0.2) is 23.5 Å². The van der Waals surface area contributed by atoms with E-state index in [2.05, 4.69) is 59.3 Å². The summed E-state index contributed by atoms with van der Waals surface area (Å²) < 4.78 is 5.35. The molecule has 0 unspecified atom stereocenters. The van der Waals surface area contributed by atoms with Gasteiger partial charge >= 0.3 is 0 Å². The van der Waals surface area contributed by atoms with Crippen LogP contribution in [-0.2, 0) is 19.5 Å². The van der Waals surface area contributed by atoms with E-state index in [0.29, 0.717) is 0 Å². The van der Waals surface area contributed by atoms with Crippen LogP contribution in [0.5, 0.6) is 5.75 Å². The van der Waals surface area contributed by atoms with Gasteiger partial charge in [0.2, 0.25) is 0 Å². The number of rotatable bonds is 3. The molecule has 3 nitrogen and oxygen atoms in total. The smallest absolute Gasteiger partial charge is 0.121 e. The van der Waals surface area contributed by atoms with Crippen molar-refractivity contribution in [1.82, 2.24) is 9.88 Å². The highest BCUT2D eigenvalue weighted by Gasteiger charge is 2.20. The Labute approximate surface area is 136 Å². The third-order valence-electron chi connectivity index (χ3n) is 4.83. The van der Waals surface area contributed by atoms with Crippen LogP contribution in [0.15, 0.2) is 42.5 Å². The maximum atomic E-state index is 5.35. The van der Waals surface area contributed by atoms with E-state index in [1.165, 1.54) is 33.3 Å². The molecule has 0 saturated heterocycles. The molecule has 3 heteroatoms. The minimum Gasteiger partial charge on any atom is -0.496 e. The summed E-state index contributed by atoms with van der Waals surface area (Å²) in [7, 11) is 1.73. The molecule has 0 aliphatic carbocycles. The van der Waals surface area contributed by atoms with Gasteiger partial charge in [0.25, 0.3) is 0 Å². The zero-order valence-electron chi connectivity index (χ0n) is 13.7. The molecule has 1 aromatic heterocycles. The Morgan fingerprint density at radius 2 is 2.04 bits per heavy atom. The van der Waals surface area contributed by atoms with Gasteiger partial charge in [0.15, 0.2) is 0 Å². The minimum atomic E-state index is 0.963. The van der Waals surface area contributed by atoms with Gasteiger partial charge in [-0.05, 0) is 42.2 Å². The van der Waals surface area contributed by atoms with Gasteiger partial charge in [-0.3, -0.25) is 4.90 Å². The fourth-order valence-corrected chi connectivity index (χ4v) is 3.68. The van der Waals surface area contributed by atoms with Crippen LogP contribution in [0, 0.1) is 6.92 Å². The molecule has 3 aromatic rings. The summed E-state index contributed by atoms with van der Waals surface area (Å²) in [5.41, 5.74) is 6.70. The number of aromatic nitrogens is 1. The Hall–Kier alpha value is -2.26. The van der Waals surface area contributed by atoms with Gasteiger partial charge in [-0.25, -0.2) is 0 Å². The van der Waals surface area contributed by atoms with Crippen molar-refractivity contribution in [2.24, 2.45) is 0 Å². The fraction of sp³-hybridized carbons (Fsp3) is 0.300. The van der Waals surface area contributed by atoms with Gasteiger partial charge in [0, 0.05) is 36.2 Å². The van der Waals surface area contributed by atoms with Crippen molar-refractivity contribution < 1.29 is 4.74 Å². The normalized spacial score (nSPS) is 14.9. The van der Waals surface area contributed by atoms with Crippen LogP contribution < -0.4 is 4.74 Å². The summed E-state index contributed by atoms with van der Waals surface area (Å²) in [6.45, 7) is 5.20. The number of hydrogen-bond donors (Lipinski definition) is 1. The van der Waals surface area contributed by atoms with E-state index < -0.39 is 0 Å². The lowest BCUT2D eigenvalue weighted by molar-refractivity contribution is 0.243. The van der Waals surface area contributed by atoms with Crippen molar-refractivity contribution in [3.05, 3.63) is 64.8 Å². The van der Waals surface area contributed by atoms with Gasteiger partial charge in [-0.2, -0.15) is 0 Å². The fourth-order valence-electron chi connectivity index (χ4n) is 3.68. The van der Waals surface area contributed by atoms with Crippen LogP contribution in [0.25, 0.3) is 10.9 Å². The first-order valence-corrected chi connectivity index (χ1v) is 8.19. The van der Waals surface area contributed by atoms with E-state index in [4.69, 9.17) is 4.74 Å². The number of aromatic amines is 1. The highest BCUT2D eigenvalue weighted by molar-refractivity contribution is 5.84. The lowest BCUT2D eigenvalue weighted by atomic mass is 10.0. The van der Waals surface area contributed by atoms with Crippen LogP contribution in [0.2, 0.25) is 0 Å². The molecule has 0 radical (unpaired) electrons. The lowest BCUT2D eigenvalue weighted by Gasteiger charge is -2.27. The lowest BCUT2D eigenvalue weighted by Crippen LogP contribution is -2.29. The van der Waals surface area contributed by atoms with Gasteiger partial charge in [-0.1, -0.05) is 30.3 Å². The van der Waals surface area contributed by atoms with Gasteiger partial charge in [0.05, 0.1) is 7.11 Å². The molecule has 0 spiro atoms. The quantitative estimate of drug-likeness (QED) is 0.791. The molecule has 1 N–H and O–H groups in total. The van der Waals surface area contributed by atoms with E-state index >= 15 is 0 Å². The highest BCUT2D eigenvalue weighted by atomic mass is 16.5. The first kappa shape index (κ1) is 14.3. The van der Waals surface area contributed by atoms with Crippen molar-refractivity contribution in [1.29, 1.82) is 0 Å². The predicted molar refractivity (Wildman–Crippen MR) is 93.8 cm³/mol. The highest BCUT2D eigenvalue weighted by Crippen LogP contribution is 2.28. The topological polar surface area (TPSA) is 28.3 Å². The van der Waals surface area contributed by atoms with E-state index in [1.54, 1.807) is 7.11 Å². The number of H-pyrrole nitrogens is 1. The number of ether oxygens (including phenoxy) is 1. The van der Waals surface area contributed by atoms with Crippen LogP contribution in [0.1, 0.15) is 22.4 Å². The average Bonchev–Trinajstić information content (AvgIpc) is 2.92. The molecule has 4 rings (SSSR count). The summed E-state index contributed by atoms with van der Waals surface area (Å²) in [5, 5.41) is 1.39. The average molecular weight is 306 g/mol. The molecule has 0 saturated carbocycles. The number of para-hydroxylation sites is 1. The minimum absolute atomic E-state index is 0.963. The Bertz CT molecular complexity index is 850.